The lowest BCUT2D eigenvalue weighted by Crippen LogP contribution is -2.29. The van der Waals surface area contributed by atoms with Crippen LogP contribution in [0.15, 0.2) is 47.1 Å². The topological polar surface area (TPSA) is 50.9 Å². The molecule has 1 unspecified atom stereocenters. The maximum atomic E-state index is 5.73. The van der Waals surface area contributed by atoms with Crippen LogP contribution in [0, 0.1) is 0 Å². The molecule has 0 spiro atoms. The number of nitrogens with two attached hydrogens (primary N) is 1. The standard InChI is InChI=1S/C16H18BrN3/c17-14-5-2-10-19-16(14)15(20-18)13-8-6-12(7-9-13)11-3-1-4-11/h2,5-11,15,20H,1,3-4,18H2. The summed E-state index contributed by atoms with van der Waals surface area (Å²) >= 11 is 3.53. The van der Waals surface area contributed by atoms with E-state index in [0.29, 0.717) is 0 Å². The fourth-order valence-electron chi connectivity index (χ4n) is 2.65. The quantitative estimate of drug-likeness (QED) is 0.664. The van der Waals surface area contributed by atoms with Crippen LogP contribution in [-0.4, -0.2) is 4.98 Å². The highest BCUT2D eigenvalue weighted by Crippen LogP contribution is 2.37. The Bertz CT molecular complexity index is 579. The first-order valence-electron chi connectivity index (χ1n) is 6.96. The number of rotatable bonds is 4. The highest BCUT2D eigenvalue weighted by atomic mass is 79.9. The van der Waals surface area contributed by atoms with E-state index in [2.05, 4.69) is 50.6 Å². The first kappa shape index (κ1) is 13.7. The van der Waals surface area contributed by atoms with Crippen molar-refractivity contribution in [2.24, 2.45) is 5.84 Å². The number of hydrazine groups is 1. The first-order valence-corrected chi connectivity index (χ1v) is 7.75. The molecule has 4 heteroatoms. The van der Waals surface area contributed by atoms with Gasteiger partial charge >= 0.3 is 0 Å². The van der Waals surface area contributed by atoms with Crippen molar-refractivity contribution in [3.63, 3.8) is 0 Å². The lowest BCUT2D eigenvalue weighted by atomic mass is 9.80. The number of benzene rings is 1. The second-order valence-electron chi connectivity index (χ2n) is 5.26. The zero-order chi connectivity index (χ0) is 13.9. The van der Waals surface area contributed by atoms with Crippen molar-refractivity contribution in [2.75, 3.05) is 0 Å². The van der Waals surface area contributed by atoms with Crippen LogP contribution in [0.3, 0.4) is 0 Å². The molecule has 0 bridgehead atoms. The van der Waals surface area contributed by atoms with Gasteiger partial charge in [0.2, 0.25) is 0 Å². The number of nitrogens with one attached hydrogen (secondary N) is 1. The van der Waals surface area contributed by atoms with Crippen LogP contribution in [-0.2, 0) is 0 Å². The van der Waals surface area contributed by atoms with Gasteiger partial charge < -0.3 is 0 Å². The Balaban J connectivity index is 1.87. The summed E-state index contributed by atoms with van der Waals surface area (Å²) in [6, 6.07) is 12.5. The van der Waals surface area contributed by atoms with Crippen LogP contribution < -0.4 is 11.3 Å². The van der Waals surface area contributed by atoms with Crippen LogP contribution in [0.4, 0.5) is 0 Å². The van der Waals surface area contributed by atoms with E-state index >= 15 is 0 Å². The van der Waals surface area contributed by atoms with Crippen LogP contribution >= 0.6 is 15.9 Å². The van der Waals surface area contributed by atoms with Crippen LogP contribution in [0.1, 0.15) is 48.0 Å². The highest BCUT2D eigenvalue weighted by molar-refractivity contribution is 9.10. The summed E-state index contributed by atoms with van der Waals surface area (Å²) in [5.74, 6) is 6.49. The average Bonchev–Trinajstić information content (AvgIpc) is 2.41. The molecule has 1 aromatic carbocycles. The van der Waals surface area contributed by atoms with E-state index in [1.165, 1.54) is 24.8 Å². The molecular formula is C16H18BrN3. The van der Waals surface area contributed by atoms with Gasteiger partial charge in [0.05, 0.1) is 11.7 Å². The van der Waals surface area contributed by atoms with E-state index in [9.17, 15) is 0 Å². The summed E-state index contributed by atoms with van der Waals surface area (Å²) in [6.45, 7) is 0. The van der Waals surface area contributed by atoms with Gasteiger partial charge in [-0.05, 0) is 57.9 Å². The van der Waals surface area contributed by atoms with Gasteiger partial charge in [0.15, 0.2) is 0 Å². The Labute approximate surface area is 127 Å². The number of pyridine rings is 1. The van der Waals surface area contributed by atoms with Crippen molar-refractivity contribution in [3.05, 3.63) is 63.9 Å². The minimum atomic E-state index is -0.0963. The van der Waals surface area contributed by atoms with E-state index in [0.717, 1.165) is 21.6 Å². The molecule has 0 radical (unpaired) electrons. The van der Waals surface area contributed by atoms with Gasteiger partial charge in [-0.25, -0.2) is 5.43 Å². The molecule has 104 valence electrons. The molecule has 0 amide bonds. The van der Waals surface area contributed by atoms with Crippen LogP contribution in [0.2, 0.25) is 0 Å². The number of halogens is 1. The molecule has 3 rings (SSSR count). The maximum absolute atomic E-state index is 5.73. The van der Waals surface area contributed by atoms with Crippen molar-refractivity contribution in [3.8, 4) is 0 Å². The summed E-state index contributed by atoms with van der Waals surface area (Å²) in [5.41, 5.74) is 6.34. The third-order valence-electron chi connectivity index (χ3n) is 4.07. The van der Waals surface area contributed by atoms with Gasteiger partial charge in [-0.15, -0.1) is 0 Å². The number of aromatic nitrogens is 1. The van der Waals surface area contributed by atoms with E-state index in [-0.39, 0.29) is 6.04 Å². The molecule has 1 fully saturated rings. The molecule has 0 aliphatic heterocycles. The average molecular weight is 332 g/mol. The number of nitrogens with zero attached hydrogens (tertiary/aromatic N) is 1. The third kappa shape index (κ3) is 2.64. The zero-order valence-electron chi connectivity index (χ0n) is 11.2. The lowest BCUT2D eigenvalue weighted by Gasteiger charge is -2.26. The Kier molecular flexibility index (Phi) is 4.15. The van der Waals surface area contributed by atoms with Gasteiger partial charge in [0.25, 0.3) is 0 Å². The lowest BCUT2D eigenvalue weighted by molar-refractivity contribution is 0.419. The summed E-state index contributed by atoms with van der Waals surface area (Å²) in [6.07, 6.45) is 5.79. The SMILES string of the molecule is NNC(c1ccc(C2CCC2)cc1)c1ncccc1Br. The molecule has 1 heterocycles. The van der Waals surface area contributed by atoms with E-state index in [4.69, 9.17) is 5.84 Å². The third-order valence-corrected chi connectivity index (χ3v) is 4.74. The molecule has 1 aliphatic rings. The first-order chi connectivity index (χ1) is 9.79. The monoisotopic (exact) mass is 331 g/mol. The van der Waals surface area contributed by atoms with Gasteiger partial charge in [-0.3, -0.25) is 10.8 Å². The zero-order valence-corrected chi connectivity index (χ0v) is 12.8. The van der Waals surface area contributed by atoms with E-state index in [1.807, 2.05) is 12.1 Å². The molecule has 1 saturated carbocycles. The minimum Gasteiger partial charge on any atom is -0.271 e. The summed E-state index contributed by atoms with van der Waals surface area (Å²) in [5, 5.41) is 0. The van der Waals surface area contributed by atoms with Gasteiger partial charge in [-0.2, -0.15) is 0 Å². The molecule has 1 aromatic heterocycles. The summed E-state index contributed by atoms with van der Waals surface area (Å²) in [7, 11) is 0. The molecule has 20 heavy (non-hydrogen) atoms. The second kappa shape index (κ2) is 6.04. The number of hydrogen-bond acceptors (Lipinski definition) is 3. The molecule has 1 aliphatic carbocycles. The fourth-order valence-corrected chi connectivity index (χ4v) is 3.13. The van der Waals surface area contributed by atoms with Crippen molar-refractivity contribution < 1.29 is 0 Å². The second-order valence-corrected chi connectivity index (χ2v) is 6.12. The van der Waals surface area contributed by atoms with Crippen LogP contribution in [0.25, 0.3) is 0 Å². The normalized spacial score (nSPS) is 16.7. The molecule has 1 atom stereocenters. The maximum Gasteiger partial charge on any atom is 0.0892 e. The smallest absolute Gasteiger partial charge is 0.0892 e. The molecule has 3 nitrogen and oxygen atoms in total. The van der Waals surface area contributed by atoms with Crippen molar-refractivity contribution in [1.29, 1.82) is 0 Å². The molecule has 0 saturated heterocycles. The van der Waals surface area contributed by atoms with E-state index < -0.39 is 0 Å². The largest absolute Gasteiger partial charge is 0.271 e. The summed E-state index contributed by atoms with van der Waals surface area (Å²) in [4.78, 5) is 4.42. The minimum absolute atomic E-state index is 0.0963. The predicted octanol–water partition coefficient (Wildman–Crippen LogP) is 3.66. The number of hydrogen-bond donors (Lipinski definition) is 2. The summed E-state index contributed by atoms with van der Waals surface area (Å²) < 4.78 is 0.964. The molecule has 2 aromatic rings. The van der Waals surface area contributed by atoms with E-state index in [1.54, 1.807) is 6.20 Å². The van der Waals surface area contributed by atoms with Gasteiger partial charge in [0, 0.05) is 10.7 Å². The predicted molar refractivity (Wildman–Crippen MR) is 84.1 cm³/mol. The highest BCUT2D eigenvalue weighted by Gasteiger charge is 2.21. The van der Waals surface area contributed by atoms with Gasteiger partial charge in [-0.1, -0.05) is 30.7 Å². The van der Waals surface area contributed by atoms with Crippen molar-refractivity contribution >= 4 is 15.9 Å². The Morgan fingerprint density at radius 1 is 1.20 bits per heavy atom. The Morgan fingerprint density at radius 2 is 1.95 bits per heavy atom. The van der Waals surface area contributed by atoms with Crippen molar-refractivity contribution in [1.82, 2.24) is 10.4 Å². The fraction of sp³-hybridized carbons (Fsp3) is 0.312. The Morgan fingerprint density at radius 3 is 2.50 bits per heavy atom. The van der Waals surface area contributed by atoms with Crippen LogP contribution in [0.5, 0.6) is 0 Å². The molecular weight excluding hydrogens is 314 g/mol. The van der Waals surface area contributed by atoms with Gasteiger partial charge in [0.1, 0.15) is 0 Å². The van der Waals surface area contributed by atoms with Crippen molar-refractivity contribution in [2.45, 2.75) is 31.2 Å². The molecule has 3 N–H and O–H groups in total. The Hall–Kier alpha value is -1.23.